The number of benzene rings is 2. The molecular formula is C30H35F3N8O2. The number of primary amides is 1. The van der Waals surface area contributed by atoms with Crippen molar-refractivity contribution >= 4 is 40.3 Å². The average Bonchev–Trinajstić information content (AvgIpc) is 2.99. The highest BCUT2D eigenvalue weighted by Gasteiger charge is 2.34. The molecule has 0 atom stereocenters. The quantitative estimate of drug-likeness (QED) is 0.315. The van der Waals surface area contributed by atoms with E-state index in [1.165, 1.54) is 6.07 Å². The topological polar surface area (TPSA) is 112 Å². The SMILES string of the molecule is C=C(C(N)=O)c1cccc(Nc2nc(Nc3ccc(CN4CCN(C)CC4)c(C(F)(F)F)c3)ncc2N2CCOCC2)c1. The van der Waals surface area contributed by atoms with Gasteiger partial charge >= 0.3 is 6.18 Å². The number of carbonyl (C=O) groups excluding carboxylic acids is 1. The molecule has 5 rings (SSSR count). The van der Waals surface area contributed by atoms with Crippen LogP contribution in [0.3, 0.4) is 0 Å². The number of halogens is 3. The number of hydrogen-bond donors (Lipinski definition) is 3. The molecule has 0 bridgehead atoms. The second-order valence-electron chi connectivity index (χ2n) is 10.6. The molecule has 3 heterocycles. The van der Waals surface area contributed by atoms with Gasteiger partial charge in [0.15, 0.2) is 5.82 Å². The Balaban J connectivity index is 1.42. The number of alkyl halides is 3. The van der Waals surface area contributed by atoms with Gasteiger partial charge in [0.1, 0.15) is 0 Å². The maximum atomic E-state index is 14.1. The second kappa shape index (κ2) is 13.0. The molecule has 0 aliphatic carbocycles. The Labute approximate surface area is 248 Å². The molecule has 2 fully saturated rings. The molecule has 2 aliphatic rings. The van der Waals surface area contributed by atoms with Gasteiger partial charge in [0.2, 0.25) is 11.9 Å². The van der Waals surface area contributed by atoms with E-state index in [9.17, 15) is 18.0 Å². The number of nitrogens with two attached hydrogens (primary N) is 1. The van der Waals surface area contributed by atoms with Gasteiger partial charge in [-0.05, 0) is 42.4 Å². The van der Waals surface area contributed by atoms with E-state index in [-0.39, 0.29) is 29.3 Å². The molecular weight excluding hydrogens is 561 g/mol. The first-order valence-electron chi connectivity index (χ1n) is 14.0. The van der Waals surface area contributed by atoms with Crippen molar-refractivity contribution in [2.24, 2.45) is 5.73 Å². The molecule has 13 heteroatoms. The van der Waals surface area contributed by atoms with Gasteiger partial charge in [-0.15, -0.1) is 0 Å². The van der Waals surface area contributed by atoms with Crippen LogP contribution in [0.1, 0.15) is 16.7 Å². The summed E-state index contributed by atoms with van der Waals surface area (Å²) in [6, 6.07) is 11.2. The number of carbonyl (C=O) groups is 1. The molecule has 3 aromatic rings. The van der Waals surface area contributed by atoms with Crippen LogP contribution in [0.25, 0.3) is 5.57 Å². The molecule has 1 amide bonds. The van der Waals surface area contributed by atoms with Crippen LogP contribution in [0.15, 0.2) is 55.2 Å². The maximum absolute atomic E-state index is 14.1. The number of rotatable bonds is 9. The van der Waals surface area contributed by atoms with Crippen LogP contribution in [0.2, 0.25) is 0 Å². The van der Waals surface area contributed by atoms with E-state index in [0.29, 0.717) is 62.1 Å². The minimum absolute atomic E-state index is 0.122. The van der Waals surface area contributed by atoms with Crippen molar-refractivity contribution in [1.29, 1.82) is 0 Å². The van der Waals surface area contributed by atoms with Crippen LogP contribution in [-0.2, 0) is 22.3 Å². The average molecular weight is 597 g/mol. The van der Waals surface area contributed by atoms with Gasteiger partial charge < -0.3 is 30.9 Å². The zero-order chi connectivity index (χ0) is 30.6. The Bertz CT molecular complexity index is 1470. The van der Waals surface area contributed by atoms with Crippen LogP contribution < -0.4 is 21.3 Å². The minimum Gasteiger partial charge on any atom is -0.378 e. The molecule has 2 aliphatic heterocycles. The molecule has 4 N–H and O–H groups in total. The minimum atomic E-state index is -4.52. The number of ether oxygens (including phenoxy) is 1. The van der Waals surface area contributed by atoms with E-state index in [0.717, 1.165) is 19.2 Å². The molecule has 2 aromatic carbocycles. The van der Waals surface area contributed by atoms with E-state index in [1.807, 2.05) is 11.9 Å². The number of anilines is 5. The first-order valence-corrected chi connectivity index (χ1v) is 14.0. The molecule has 0 spiro atoms. The number of nitrogens with one attached hydrogen (secondary N) is 2. The van der Waals surface area contributed by atoms with Crippen molar-refractivity contribution in [3.63, 3.8) is 0 Å². The van der Waals surface area contributed by atoms with E-state index in [2.05, 4.69) is 37.0 Å². The summed E-state index contributed by atoms with van der Waals surface area (Å²) in [4.78, 5) is 27.0. The highest BCUT2D eigenvalue weighted by Crippen LogP contribution is 2.36. The van der Waals surface area contributed by atoms with Crippen molar-refractivity contribution in [3.05, 3.63) is 71.9 Å². The zero-order valence-corrected chi connectivity index (χ0v) is 24.0. The standard InChI is InChI=1S/C30H35F3N8O2/c1-20(27(34)42)21-4-3-5-23(16-21)36-28-26(41-12-14-43-15-13-41)18-35-29(38-28)37-24-7-6-22(25(17-24)30(31,32)33)19-40-10-8-39(2)9-11-40/h3-7,16-18H,1,8-15,19H2,2H3,(H2,34,42)(H2,35,36,37,38). The molecule has 0 saturated carbocycles. The molecule has 43 heavy (non-hydrogen) atoms. The van der Waals surface area contributed by atoms with E-state index >= 15 is 0 Å². The summed E-state index contributed by atoms with van der Waals surface area (Å²) in [6.07, 6.45) is -2.89. The number of aromatic nitrogens is 2. The third-order valence-electron chi connectivity index (χ3n) is 7.55. The van der Waals surface area contributed by atoms with Crippen molar-refractivity contribution in [2.75, 3.05) is 75.1 Å². The van der Waals surface area contributed by atoms with Gasteiger partial charge in [0.25, 0.3) is 0 Å². The zero-order valence-electron chi connectivity index (χ0n) is 24.0. The normalized spacial score (nSPS) is 16.6. The number of amides is 1. The number of hydrogen-bond acceptors (Lipinski definition) is 9. The van der Waals surface area contributed by atoms with Gasteiger partial charge in [0, 0.05) is 62.8 Å². The molecule has 1 aromatic heterocycles. The van der Waals surface area contributed by atoms with E-state index in [4.69, 9.17) is 10.5 Å². The predicted molar refractivity (Wildman–Crippen MR) is 161 cm³/mol. The maximum Gasteiger partial charge on any atom is 0.416 e. The summed E-state index contributed by atoms with van der Waals surface area (Å²) < 4.78 is 47.9. The molecule has 0 radical (unpaired) electrons. The Morgan fingerprint density at radius 2 is 1.74 bits per heavy atom. The van der Waals surface area contributed by atoms with E-state index < -0.39 is 17.6 Å². The number of likely N-dealkylation sites (N-methyl/N-ethyl adjacent to an activating group) is 1. The lowest BCUT2D eigenvalue weighted by atomic mass is 10.0. The third-order valence-corrected chi connectivity index (χ3v) is 7.55. The number of nitrogens with zero attached hydrogens (tertiary/aromatic N) is 5. The fraction of sp³-hybridized carbons (Fsp3) is 0.367. The second-order valence-corrected chi connectivity index (χ2v) is 10.6. The molecule has 0 unspecified atom stereocenters. The largest absolute Gasteiger partial charge is 0.416 e. The number of piperazine rings is 1. The van der Waals surface area contributed by atoms with Gasteiger partial charge in [-0.1, -0.05) is 24.8 Å². The summed E-state index contributed by atoms with van der Waals surface area (Å²) in [5.74, 6) is -0.0754. The van der Waals surface area contributed by atoms with Crippen molar-refractivity contribution in [3.8, 4) is 0 Å². The van der Waals surface area contributed by atoms with Gasteiger partial charge in [-0.3, -0.25) is 9.69 Å². The van der Waals surface area contributed by atoms with Gasteiger partial charge in [-0.25, -0.2) is 4.98 Å². The molecule has 10 nitrogen and oxygen atoms in total. The third kappa shape index (κ3) is 7.61. The first-order chi connectivity index (χ1) is 20.6. The Kier molecular flexibility index (Phi) is 9.14. The predicted octanol–water partition coefficient (Wildman–Crippen LogP) is 4.07. The highest BCUT2D eigenvalue weighted by molar-refractivity contribution is 6.18. The fourth-order valence-corrected chi connectivity index (χ4v) is 5.06. The smallest absolute Gasteiger partial charge is 0.378 e. The van der Waals surface area contributed by atoms with Crippen LogP contribution in [0.5, 0.6) is 0 Å². The van der Waals surface area contributed by atoms with Gasteiger partial charge in [-0.2, -0.15) is 18.2 Å². The van der Waals surface area contributed by atoms with Crippen molar-refractivity contribution in [1.82, 2.24) is 19.8 Å². The summed E-state index contributed by atoms with van der Waals surface area (Å²) in [6.45, 7) is 9.35. The van der Waals surface area contributed by atoms with E-state index in [1.54, 1.807) is 36.5 Å². The monoisotopic (exact) mass is 596 g/mol. The first kappa shape index (κ1) is 30.3. The van der Waals surface area contributed by atoms with Gasteiger partial charge in [0.05, 0.1) is 30.7 Å². The van der Waals surface area contributed by atoms with Crippen molar-refractivity contribution < 1.29 is 22.7 Å². The Morgan fingerprint density at radius 3 is 2.44 bits per heavy atom. The van der Waals surface area contributed by atoms with Crippen LogP contribution >= 0.6 is 0 Å². The summed E-state index contributed by atoms with van der Waals surface area (Å²) >= 11 is 0. The van der Waals surface area contributed by atoms with Crippen LogP contribution in [0, 0.1) is 0 Å². The highest BCUT2D eigenvalue weighted by atomic mass is 19.4. The Morgan fingerprint density at radius 1 is 1.02 bits per heavy atom. The number of morpholine rings is 1. The Hall–Kier alpha value is -4.20. The fourth-order valence-electron chi connectivity index (χ4n) is 5.06. The van der Waals surface area contributed by atoms with Crippen LogP contribution in [0.4, 0.5) is 42.0 Å². The summed E-state index contributed by atoms with van der Waals surface area (Å²) in [7, 11) is 2.01. The lowest BCUT2D eigenvalue weighted by Gasteiger charge is -2.33. The summed E-state index contributed by atoms with van der Waals surface area (Å²) in [5, 5.41) is 6.22. The lowest BCUT2D eigenvalue weighted by molar-refractivity contribution is -0.138. The lowest BCUT2D eigenvalue weighted by Crippen LogP contribution is -2.44. The molecule has 228 valence electrons. The van der Waals surface area contributed by atoms with Crippen molar-refractivity contribution in [2.45, 2.75) is 12.7 Å². The van der Waals surface area contributed by atoms with Crippen LogP contribution in [-0.4, -0.2) is 85.2 Å². The summed E-state index contributed by atoms with van der Waals surface area (Å²) in [5.41, 5.74) is 7.20. The molecule has 2 saturated heterocycles.